The first-order chi connectivity index (χ1) is 13.6. The lowest BCUT2D eigenvalue weighted by atomic mass is 10.0. The molecule has 1 saturated heterocycles. The first kappa shape index (κ1) is 21.2. The molecular formula is C20H16F6O3. The molecule has 1 heterocycles. The Bertz CT molecular complexity index is 876. The van der Waals surface area contributed by atoms with Crippen molar-refractivity contribution < 1.29 is 40.6 Å². The SMILES string of the molecule is C=CC1COC(c2cc(F)c(C(C)(F)Oc3cc(F)c(F)c(F)c3)c(F)c2)OC1. The van der Waals surface area contributed by atoms with E-state index in [-0.39, 0.29) is 24.7 Å². The topological polar surface area (TPSA) is 27.7 Å². The van der Waals surface area contributed by atoms with Crippen molar-refractivity contribution in [3.8, 4) is 5.75 Å². The summed E-state index contributed by atoms with van der Waals surface area (Å²) in [5.41, 5.74) is -1.16. The molecule has 1 aliphatic heterocycles. The van der Waals surface area contributed by atoms with Crippen molar-refractivity contribution in [3.05, 3.63) is 77.1 Å². The smallest absolute Gasteiger partial charge is 0.276 e. The van der Waals surface area contributed by atoms with Gasteiger partial charge in [-0.1, -0.05) is 6.08 Å². The van der Waals surface area contributed by atoms with Crippen LogP contribution in [0.15, 0.2) is 36.9 Å². The molecule has 29 heavy (non-hydrogen) atoms. The van der Waals surface area contributed by atoms with Gasteiger partial charge in [0.1, 0.15) is 17.4 Å². The largest absolute Gasteiger partial charge is 0.454 e. The predicted octanol–water partition coefficient (Wildman–Crippen LogP) is 5.45. The zero-order valence-electron chi connectivity index (χ0n) is 15.2. The number of hydrogen-bond donors (Lipinski definition) is 0. The van der Waals surface area contributed by atoms with Crippen LogP contribution < -0.4 is 4.74 Å². The minimum Gasteiger partial charge on any atom is -0.454 e. The second-order valence-corrected chi connectivity index (χ2v) is 6.57. The summed E-state index contributed by atoms with van der Waals surface area (Å²) in [7, 11) is 0. The molecule has 9 heteroatoms. The van der Waals surface area contributed by atoms with E-state index in [0.717, 1.165) is 12.1 Å². The van der Waals surface area contributed by atoms with Crippen molar-refractivity contribution in [2.75, 3.05) is 13.2 Å². The molecular weight excluding hydrogens is 402 g/mol. The van der Waals surface area contributed by atoms with Gasteiger partial charge in [0.15, 0.2) is 23.7 Å². The van der Waals surface area contributed by atoms with E-state index in [9.17, 15) is 26.3 Å². The quantitative estimate of drug-likeness (QED) is 0.367. The van der Waals surface area contributed by atoms with Crippen molar-refractivity contribution in [2.24, 2.45) is 5.92 Å². The van der Waals surface area contributed by atoms with Gasteiger partial charge in [0.05, 0.1) is 18.8 Å². The van der Waals surface area contributed by atoms with Crippen LogP contribution >= 0.6 is 0 Å². The maximum Gasteiger partial charge on any atom is 0.276 e. The molecule has 0 spiro atoms. The van der Waals surface area contributed by atoms with E-state index >= 15 is 0 Å². The average molecular weight is 418 g/mol. The highest BCUT2D eigenvalue weighted by atomic mass is 19.2. The van der Waals surface area contributed by atoms with E-state index in [0.29, 0.717) is 19.1 Å². The predicted molar refractivity (Wildman–Crippen MR) is 90.1 cm³/mol. The number of benzene rings is 2. The van der Waals surface area contributed by atoms with Crippen LogP contribution in [0.1, 0.15) is 24.3 Å². The van der Waals surface area contributed by atoms with Gasteiger partial charge in [-0.2, -0.15) is 4.39 Å². The molecule has 1 fully saturated rings. The third-order valence-corrected chi connectivity index (χ3v) is 4.31. The second kappa shape index (κ2) is 8.08. The van der Waals surface area contributed by atoms with Crippen LogP contribution in [0.25, 0.3) is 0 Å². The lowest BCUT2D eigenvalue weighted by molar-refractivity contribution is -0.197. The van der Waals surface area contributed by atoms with Crippen molar-refractivity contribution in [1.82, 2.24) is 0 Å². The van der Waals surface area contributed by atoms with Crippen molar-refractivity contribution in [1.29, 1.82) is 0 Å². The Morgan fingerprint density at radius 3 is 1.97 bits per heavy atom. The highest BCUT2D eigenvalue weighted by molar-refractivity contribution is 5.32. The Labute approximate surface area is 162 Å². The summed E-state index contributed by atoms with van der Waals surface area (Å²) < 4.78 is 99.1. The zero-order chi connectivity index (χ0) is 21.3. The third-order valence-electron chi connectivity index (χ3n) is 4.31. The molecule has 2 aromatic rings. The number of hydrogen-bond acceptors (Lipinski definition) is 3. The maximum atomic E-state index is 15.0. The average Bonchev–Trinajstić information content (AvgIpc) is 2.65. The summed E-state index contributed by atoms with van der Waals surface area (Å²) in [4.78, 5) is 0. The molecule has 0 bridgehead atoms. The molecule has 3 rings (SSSR count). The van der Waals surface area contributed by atoms with E-state index in [1.54, 1.807) is 6.08 Å². The maximum absolute atomic E-state index is 15.0. The summed E-state index contributed by atoms with van der Waals surface area (Å²) >= 11 is 0. The molecule has 0 aromatic heterocycles. The van der Waals surface area contributed by atoms with Gasteiger partial charge in [-0.05, 0) is 12.1 Å². The van der Waals surface area contributed by atoms with E-state index in [1.807, 2.05) is 0 Å². The minimum atomic E-state index is -3.16. The highest BCUT2D eigenvalue weighted by Crippen LogP contribution is 2.36. The number of alkyl halides is 1. The minimum absolute atomic E-state index is 0.0269. The molecule has 2 aromatic carbocycles. The van der Waals surface area contributed by atoms with Crippen molar-refractivity contribution in [2.45, 2.75) is 19.1 Å². The summed E-state index contributed by atoms with van der Waals surface area (Å²) in [6.07, 6.45) is 0.560. The molecule has 1 aliphatic rings. The zero-order valence-corrected chi connectivity index (χ0v) is 15.2. The van der Waals surface area contributed by atoms with Crippen LogP contribution in [0.2, 0.25) is 0 Å². The van der Waals surface area contributed by atoms with E-state index in [1.165, 1.54) is 0 Å². The first-order valence-electron chi connectivity index (χ1n) is 8.50. The van der Waals surface area contributed by atoms with Crippen LogP contribution in [-0.4, -0.2) is 13.2 Å². The van der Waals surface area contributed by atoms with Gasteiger partial charge in [-0.15, -0.1) is 6.58 Å². The fourth-order valence-corrected chi connectivity index (χ4v) is 2.87. The fraction of sp³-hybridized carbons (Fsp3) is 0.300. The summed E-state index contributed by atoms with van der Waals surface area (Å²) in [5.74, 6) is -11.7. The summed E-state index contributed by atoms with van der Waals surface area (Å²) in [6, 6.07) is 2.34. The third kappa shape index (κ3) is 4.40. The highest BCUT2D eigenvalue weighted by Gasteiger charge is 2.37. The lowest BCUT2D eigenvalue weighted by Gasteiger charge is -2.29. The first-order valence-corrected chi connectivity index (χ1v) is 8.50. The second-order valence-electron chi connectivity index (χ2n) is 6.57. The van der Waals surface area contributed by atoms with Crippen LogP contribution in [0.3, 0.4) is 0 Å². The van der Waals surface area contributed by atoms with Crippen LogP contribution in [0.4, 0.5) is 26.3 Å². The molecule has 3 nitrogen and oxygen atoms in total. The van der Waals surface area contributed by atoms with E-state index in [2.05, 4.69) is 6.58 Å². The Kier molecular flexibility index (Phi) is 5.90. The van der Waals surface area contributed by atoms with E-state index in [4.69, 9.17) is 14.2 Å². The number of halogens is 6. The van der Waals surface area contributed by atoms with Crippen molar-refractivity contribution in [3.63, 3.8) is 0 Å². The molecule has 156 valence electrons. The van der Waals surface area contributed by atoms with Crippen molar-refractivity contribution >= 4 is 0 Å². The van der Waals surface area contributed by atoms with Gasteiger partial charge in [0.2, 0.25) is 0 Å². The fourth-order valence-electron chi connectivity index (χ4n) is 2.87. The van der Waals surface area contributed by atoms with Gasteiger partial charge in [-0.3, -0.25) is 0 Å². The molecule has 0 saturated carbocycles. The van der Waals surface area contributed by atoms with Crippen LogP contribution in [0.5, 0.6) is 5.75 Å². The molecule has 0 aliphatic carbocycles. The van der Waals surface area contributed by atoms with E-state index < -0.39 is 52.5 Å². The lowest BCUT2D eigenvalue weighted by Crippen LogP contribution is -2.28. The monoisotopic (exact) mass is 418 g/mol. The number of ether oxygens (including phenoxy) is 3. The Hall–Kier alpha value is -2.52. The molecule has 1 atom stereocenters. The summed E-state index contributed by atoms with van der Waals surface area (Å²) in [5, 5.41) is 0. The number of rotatable bonds is 5. The normalized spacial score (nSPS) is 21.5. The molecule has 1 unspecified atom stereocenters. The van der Waals surface area contributed by atoms with Gasteiger partial charge < -0.3 is 14.2 Å². The molecule has 0 amide bonds. The molecule has 0 N–H and O–H groups in total. The Morgan fingerprint density at radius 1 is 0.966 bits per heavy atom. The van der Waals surface area contributed by atoms with Gasteiger partial charge in [0, 0.05) is 30.5 Å². The van der Waals surface area contributed by atoms with Gasteiger partial charge in [0.25, 0.3) is 5.85 Å². The van der Waals surface area contributed by atoms with Crippen LogP contribution in [0, 0.1) is 35.0 Å². The van der Waals surface area contributed by atoms with Gasteiger partial charge >= 0.3 is 0 Å². The Morgan fingerprint density at radius 2 is 1.48 bits per heavy atom. The van der Waals surface area contributed by atoms with Crippen LogP contribution in [-0.2, 0) is 15.3 Å². The van der Waals surface area contributed by atoms with Gasteiger partial charge in [-0.25, -0.2) is 22.0 Å². The molecule has 0 radical (unpaired) electrons. The Balaban J connectivity index is 1.87. The summed E-state index contributed by atoms with van der Waals surface area (Å²) in [6.45, 7) is 4.70. The standard InChI is InChI=1S/C20H16F6O3/c1-3-10-8-27-19(28-9-10)11-4-13(21)17(14(22)5-11)20(2,26)29-12-6-15(23)18(25)16(24)7-12/h3-7,10,19H,1,8-9H2,2H3.